The molecule has 1 N–H and O–H groups in total. The van der Waals surface area contributed by atoms with Gasteiger partial charge in [0.2, 0.25) is 5.89 Å². The van der Waals surface area contributed by atoms with Crippen molar-refractivity contribution >= 4 is 0 Å². The van der Waals surface area contributed by atoms with E-state index in [0.29, 0.717) is 5.56 Å². The molecule has 0 aliphatic rings. The van der Waals surface area contributed by atoms with Gasteiger partial charge in [-0.05, 0) is 24.3 Å². The minimum Gasteiger partial charge on any atom is -0.388 e. The smallest absolute Gasteiger partial charge is 0.388 e. The molecule has 2 rings (SSSR count). The number of halogens is 1. The molecule has 0 saturated carbocycles. The molecule has 0 bridgehead atoms. The van der Waals surface area contributed by atoms with Crippen LogP contribution in [0, 0.1) is 5.82 Å². The molecular weight excluding hydrogens is 175 g/mol. The number of nitrogens with zero attached hydrogens (tertiary/aromatic N) is 1. The lowest BCUT2D eigenvalue weighted by molar-refractivity contribution is 0.527. The van der Waals surface area contributed by atoms with E-state index in [0.717, 1.165) is 0 Å². The van der Waals surface area contributed by atoms with Gasteiger partial charge in [-0.15, -0.1) is 5.10 Å². The van der Waals surface area contributed by atoms with Crippen LogP contribution in [0.3, 0.4) is 0 Å². The SMILES string of the molecule is O=c1[nH]nc(-c2ccc(F)cc2)o1. The molecule has 0 saturated heterocycles. The fourth-order valence-electron chi connectivity index (χ4n) is 0.946. The highest BCUT2D eigenvalue weighted by atomic mass is 19.1. The molecule has 66 valence electrons. The van der Waals surface area contributed by atoms with Crippen LogP contribution >= 0.6 is 0 Å². The zero-order valence-electron chi connectivity index (χ0n) is 6.45. The standard InChI is InChI=1S/C8H5FN2O2/c9-6-3-1-5(2-4-6)7-10-11-8(12)13-7/h1-4H,(H,11,12). The van der Waals surface area contributed by atoms with E-state index in [1.165, 1.54) is 24.3 Å². The van der Waals surface area contributed by atoms with Crippen LogP contribution in [0.2, 0.25) is 0 Å². The van der Waals surface area contributed by atoms with Gasteiger partial charge in [-0.2, -0.15) is 0 Å². The maximum Gasteiger partial charge on any atom is 0.434 e. The third kappa shape index (κ3) is 1.48. The van der Waals surface area contributed by atoms with Crippen LogP contribution in [-0.2, 0) is 0 Å². The number of benzene rings is 1. The molecule has 0 spiro atoms. The summed E-state index contributed by atoms with van der Waals surface area (Å²) in [7, 11) is 0. The maximum absolute atomic E-state index is 12.5. The minimum atomic E-state index is -0.626. The highest BCUT2D eigenvalue weighted by Crippen LogP contribution is 2.14. The van der Waals surface area contributed by atoms with E-state index < -0.39 is 5.76 Å². The molecule has 2 aromatic rings. The summed E-state index contributed by atoms with van der Waals surface area (Å²) >= 11 is 0. The number of hydrogen-bond acceptors (Lipinski definition) is 3. The molecule has 0 aliphatic heterocycles. The predicted molar refractivity (Wildman–Crippen MR) is 42.5 cm³/mol. The van der Waals surface area contributed by atoms with Crippen molar-refractivity contribution in [1.29, 1.82) is 0 Å². The third-order valence-electron chi connectivity index (χ3n) is 1.53. The molecule has 0 atom stereocenters. The van der Waals surface area contributed by atoms with Crippen LogP contribution in [0.1, 0.15) is 0 Å². The number of nitrogens with one attached hydrogen (secondary N) is 1. The summed E-state index contributed by atoms with van der Waals surface area (Å²) in [5.41, 5.74) is 0.555. The zero-order chi connectivity index (χ0) is 9.26. The van der Waals surface area contributed by atoms with Crippen molar-refractivity contribution in [2.24, 2.45) is 0 Å². The highest BCUT2D eigenvalue weighted by molar-refractivity contribution is 5.51. The lowest BCUT2D eigenvalue weighted by Crippen LogP contribution is -1.93. The Bertz CT molecular complexity index is 457. The van der Waals surface area contributed by atoms with Crippen molar-refractivity contribution in [2.75, 3.05) is 0 Å². The van der Waals surface area contributed by atoms with E-state index in [-0.39, 0.29) is 11.7 Å². The van der Waals surface area contributed by atoms with Crippen molar-refractivity contribution in [2.45, 2.75) is 0 Å². The molecule has 5 heteroatoms. The summed E-state index contributed by atoms with van der Waals surface area (Å²) in [6.45, 7) is 0. The Balaban J connectivity index is 2.47. The Morgan fingerprint density at radius 3 is 2.54 bits per heavy atom. The van der Waals surface area contributed by atoms with E-state index in [9.17, 15) is 9.18 Å². The lowest BCUT2D eigenvalue weighted by atomic mass is 10.2. The molecule has 0 radical (unpaired) electrons. The van der Waals surface area contributed by atoms with E-state index in [1.807, 2.05) is 0 Å². The summed E-state index contributed by atoms with van der Waals surface area (Å²) < 4.78 is 17.2. The van der Waals surface area contributed by atoms with Gasteiger partial charge >= 0.3 is 5.76 Å². The average molecular weight is 180 g/mol. The lowest BCUT2D eigenvalue weighted by Gasteiger charge is -1.91. The summed E-state index contributed by atoms with van der Waals surface area (Å²) in [5.74, 6) is -0.814. The Kier molecular flexibility index (Phi) is 1.70. The molecule has 0 fully saturated rings. The second-order valence-electron chi connectivity index (χ2n) is 2.43. The van der Waals surface area contributed by atoms with E-state index in [2.05, 4.69) is 14.6 Å². The van der Waals surface area contributed by atoms with Gasteiger partial charge < -0.3 is 4.42 Å². The van der Waals surface area contributed by atoms with Gasteiger partial charge in [-0.25, -0.2) is 14.3 Å². The van der Waals surface area contributed by atoms with Gasteiger partial charge in [0, 0.05) is 5.56 Å². The molecular formula is C8H5FN2O2. The molecule has 4 nitrogen and oxygen atoms in total. The number of H-pyrrole nitrogens is 1. The second-order valence-corrected chi connectivity index (χ2v) is 2.43. The quantitative estimate of drug-likeness (QED) is 0.716. The Morgan fingerprint density at radius 2 is 2.00 bits per heavy atom. The number of aromatic nitrogens is 2. The summed E-state index contributed by atoms with van der Waals surface area (Å²) in [4.78, 5) is 10.6. The van der Waals surface area contributed by atoms with Crippen LogP contribution in [-0.4, -0.2) is 10.2 Å². The second kappa shape index (κ2) is 2.85. The number of aromatic amines is 1. The van der Waals surface area contributed by atoms with Crippen LogP contribution in [0.5, 0.6) is 0 Å². The fraction of sp³-hybridized carbons (Fsp3) is 0. The van der Waals surface area contributed by atoms with Crippen molar-refractivity contribution in [3.8, 4) is 11.5 Å². The van der Waals surface area contributed by atoms with Crippen LogP contribution in [0.15, 0.2) is 33.5 Å². The van der Waals surface area contributed by atoms with Crippen LogP contribution in [0.4, 0.5) is 4.39 Å². The molecule has 1 heterocycles. The zero-order valence-corrected chi connectivity index (χ0v) is 6.45. The highest BCUT2D eigenvalue weighted by Gasteiger charge is 2.03. The first kappa shape index (κ1) is 7.72. The van der Waals surface area contributed by atoms with Gasteiger partial charge in [0.15, 0.2) is 0 Å². The molecule has 1 aromatic carbocycles. The first-order valence-electron chi connectivity index (χ1n) is 3.57. The Morgan fingerprint density at radius 1 is 1.31 bits per heavy atom. The predicted octanol–water partition coefficient (Wildman–Crippen LogP) is 1.17. The Hall–Kier alpha value is -1.91. The summed E-state index contributed by atoms with van der Waals surface area (Å²) in [6.07, 6.45) is 0. The van der Waals surface area contributed by atoms with E-state index >= 15 is 0 Å². The molecule has 0 amide bonds. The fourth-order valence-corrected chi connectivity index (χ4v) is 0.946. The van der Waals surface area contributed by atoms with Crippen LogP contribution in [0.25, 0.3) is 11.5 Å². The average Bonchev–Trinajstić information content (AvgIpc) is 2.53. The van der Waals surface area contributed by atoms with E-state index in [4.69, 9.17) is 0 Å². The first-order valence-corrected chi connectivity index (χ1v) is 3.57. The summed E-state index contributed by atoms with van der Waals surface area (Å²) in [5, 5.41) is 5.70. The van der Waals surface area contributed by atoms with Crippen molar-refractivity contribution < 1.29 is 8.81 Å². The van der Waals surface area contributed by atoms with Crippen LogP contribution < -0.4 is 5.76 Å². The van der Waals surface area contributed by atoms with Gasteiger partial charge in [0.25, 0.3) is 0 Å². The van der Waals surface area contributed by atoms with Gasteiger partial charge in [-0.1, -0.05) is 0 Å². The topological polar surface area (TPSA) is 58.9 Å². The maximum atomic E-state index is 12.5. The molecule has 0 aliphatic carbocycles. The van der Waals surface area contributed by atoms with Gasteiger partial charge in [-0.3, -0.25) is 0 Å². The molecule has 13 heavy (non-hydrogen) atoms. The normalized spacial score (nSPS) is 10.2. The number of hydrogen-bond donors (Lipinski definition) is 1. The molecule has 1 aromatic heterocycles. The van der Waals surface area contributed by atoms with Crippen molar-refractivity contribution in [3.63, 3.8) is 0 Å². The first-order chi connectivity index (χ1) is 6.25. The summed E-state index contributed by atoms with van der Waals surface area (Å²) in [6, 6.07) is 5.50. The minimum absolute atomic E-state index is 0.157. The Labute approximate surface area is 72.0 Å². The largest absolute Gasteiger partial charge is 0.434 e. The van der Waals surface area contributed by atoms with Crippen molar-refractivity contribution in [1.82, 2.24) is 10.2 Å². The van der Waals surface area contributed by atoms with E-state index in [1.54, 1.807) is 0 Å². The van der Waals surface area contributed by atoms with Gasteiger partial charge in [0.1, 0.15) is 5.82 Å². The third-order valence-corrected chi connectivity index (χ3v) is 1.53. The number of rotatable bonds is 1. The van der Waals surface area contributed by atoms with Crippen molar-refractivity contribution in [3.05, 3.63) is 40.6 Å². The molecule has 0 unspecified atom stereocenters. The monoisotopic (exact) mass is 180 g/mol. The van der Waals surface area contributed by atoms with Gasteiger partial charge in [0.05, 0.1) is 0 Å².